The van der Waals surface area contributed by atoms with Gasteiger partial charge in [0.15, 0.2) is 0 Å². The average molecular weight is 300 g/mol. The van der Waals surface area contributed by atoms with Gasteiger partial charge in [-0.1, -0.05) is 36.0 Å². The first-order valence-electron chi connectivity index (χ1n) is 6.80. The van der Waals surface area contributed by atoms with Crippen LogP contribution in [0.25, 0.3) is 0 Å². The van der Waals surface area contributed by atoms with Crippen LogP contribution in [0.3, 0.4) is 0 Å². The number of aliphatic hydroxyl groups excluding tert-OH is 1. The normalized spacial score (nSPS) is 12.5. The smallest absolute Gasteiger partial charge is 0.240 e. The summed E-state index contributed by atoms with van der Waals surface area (Å²) in [6.07, 6.45) is 0. The quantitative estimate of drug-likeness (QED) is 0.910. The van der Waals surface area contributed by atoms with Gasteiger partial charge in [0.25, 0.3) is 0 Å². The molecular weight excluding hydrogens is 284 g/mol. The van der Waals surface area contributed by atoms with Gasteiger partial charge in [-0.15, -0.1) is 0 Å². The molecule has 2 aromatic rings. The number of nitrogens with zero attached hydrogens (tertiary/aromatic N) is 1. The van der Waals surface area contributed by atoms with Gasteiger partial charge in [0, 0.05) is 16.3 Å². The Morgan fingerprint density at radius 1 is 1.05 bits per heavy atom. The minimum atomic E-state index is -0.0967. The zero-order chi connectivity index (χ0) is 14.7. The summed E-state index contributed by atoms with van der Waals surface area (Å²) in [5, 5.41) is 11.5. The van der Waals surface area contributed by atoms with E-state index in [9.17, 15) is 4.79 Å². The van der Waals surface area contributed by atoms with E-state index in [1.807, 2.05) is 41.3 Å². The zero-order valence-corrected chi connectivity index (χ0v) is 12.3. The van der Waals surface area contributed by atoms with Crippen molar-refractivity contribution < 1.29 is 9.90 Å². The van der Waals surface area contributed by atoms with E-state index in [0.717, 1.165) is 21.2 Å². The Balaban J connectivity index is 1.93. The molecule has 0 aliphatic carbocycles. The number of fused-ring (bicyclic) bond motifs is 2. The Morgan fingerprint density at radius 2 is 1.62 bits per heavy atom. The molecule has 0 radical (unpaired) electrons. The Morgan fingerprint density at radius 3 is 2.19 bits per heavy atom. The van der Waals surface area contributed by atoms with Crippen molar-refractivity contribution in [3.8, 4) is 0 Å². The highest BCUT2D eigenvalue weighted by atomic mass is 32.2. The highest BCUT2D eigenvalue weighted by molar-refractivity contribution is 7.99. The van der Waals surface area contributed by atoms with E-state index in [4.69, 9.17) is 5.11 Å². The fraction of sp³-hybridized carbons (Fsp3) is 0.188. The molecule has 0 bridgehead atoms. The zero-order valence-electron chi connectivity index (χ0n) is 11.5. The molecule has 0 unspecified atom stereocenters. The van der Waals surface area contributed by atoms with Crippen molar-refractivity contribution in [3.63, 3.8) is 0 Å². The van der Waals surface area contributed by atoms with Gasteiger partial charge in [-0.3, -0.25) is 4.79 Å². The molecule has 21 heavy (non-hydrogen) atoms. The summed E-state index contributed by atoms with van der Waals surface area (Å²) in [6, 6.07) is 16.1. The summed E-state index contributed by atoms with van der Waals surface area (Å²) >= 11 is 1.72. The van der Waals surface area contributed by atoms with Crippen molar-refractivity contribution in [2.75, 3.05) is 24.6 Å². The molecule has 1 amide bonds. The number of aliphatic hydroxyl groups is 1. The maximum absolute atomic E-state index is 12.0. The van der Waals surface area contributed by atoms with Crippen LogP contribution in [0.5, 0.6) is 0 Å². The number of hydrogen-bond donors (Lipinski definition) is 2. The fourth-order valence-corrected chi connectivity index (χ4v) is 3.44. The maximum Gasteiger partial charge on any atom is 0.240 e. The third-order valence-corrected chi connectivity index (χ3v) is 4.40. The molecule has 0 aromatic heterocycles. The highest BCUT2D eigenvalue weighted by Crippen LogP contribution is 2.47. The summed E-state index contributed by atoms with van der Waals surface area (Å²) in [7, 11) is 0. The van der Waals surface area contributed by atoms with Crippen LogP contribution < -0.4 is 10.2 Å². The first-order chi connectivity index (χ1) is 10.3. The molecule has 0 atom stereocenters. The second-order valence-electron chi connectivity index (χ2n) is 4.70. The van der Waals surface area contributed by atoms with Gasteiger partial charge in [-0.25, -0.2) is 0 Å². The Kier molecular flexibility index (Phi) is 4.13. The van der Waals surface area contributed by atoms with Crippen molar-refractivity contribution in [2.45, 2.75) is 9.79 Å². The number of rotatable bonds is 4. The predicted molar refractivity (Wildman–Crippen MR) is 84.1 cm³/mol. The van der Waals surface area contributed by atoms with Crippen LogP contribution in [0.15, 0.2) is 58.3 Å². The van der Waals surface area contributed by atoms with Crippen LogP contribution in [0, 0.1) is 0 Å². The van der Waals surface area contributed by atoms with Gasteiger partial charge in [0.05, 0.1) is 18.0 Å². The summed E-state index contributed by atoms with van der Waals surface area (Å²) in [6.45, 7) is 0.480. The summed E-state index contributed by atoms with van der Waals surface area (Å²) < 4.78 is 0. The molecular formula is C16H16N2O2S. The molecule has 0 spiro atoms. The molecule has 1 aliphatic rings. The van der Waals surface area contributed by atoms with Gasteiger partial charge >= 0.3 is 0 Å². The molecule has 0 saturated carbocycles. The fourth-order valence-electron chi connectivity index (χ4n) is 2.35. The number of amides is 1. The maximum atomic E-state index is 12.0. The van der Waals surface area contributed by atoms with Crippen LogP contribution >= 0.6 is 11.8 Å². The van der Waals surface area contributed by atoms with Crippen LogP contribution in [-0.2, 0) is 4.79 Å². The van der Waals surface area contributed by atoms with Crippen molar-refractivity contribution in [2.24, 2.45) is 0 Å². The van der Waals surface area contributed by atoms with Gasteiger partial charge in [-0.05, 0) is 24.3 Å². The van der Waals surface area contributed by atoms with Gasteiger partial charge < -0.3 is 15.3 Å². The van der Waals surface area contributed by atoms with E-state index < -0.39 is 0 Å². The lowest BCUT2D eigenvalue weighted by molar-refractivity contribution is -0.119. The van der Waals surface area contributed by atoms with Crippen LogP contribution in [0.2, 0.25) is 0 Å². The number of carbonyl (C=O) groups excluding carboxylic acids is 1. The highest BCUT2D eigenvalue weighted by Gasteiger charge is 2.24. The molecule has 1 aliphatic heterocycles. The van der Waals surface area contributed by atoms with Crippen molar-refractivity contribution in [1.29, 1.82) is 0 Å². The molecule has 2 aromatic carbocycles. The molecule has 4 nitrogen and oxygen atoms in total. The van der Waals surface area contributed by atoms with Crippen molar-refractivity contribution in [3.05, 3.63) is 48.5 Å². The number of benzene rings is 2. The number of carbonyl (C=O) groups is 1. The Hall–Kier alpha value is -1.98. The van der Waals surface area contributed by atoms with E-state index in [2.05, 4.69) is 17.4 Å². The summed E-state index contributed by atoms with van der Waals surface area (Å²) in [5.41, 5.74) is 2.08. The van der Waals surface area contributed by atoms with E-state index >= 15 is 0 Å². The van der Waals surface area contributed by atoms with Crippen LogP contribution in [-0.4, -0.2) is 30.7 Å². The van der Waals surface area contributed by atoms with E-state index in [-0.39, 0.29) is 25.6 Å². The molecule has 2 N–H and O–H groups in total. The lowest BCUT2D eigenvalue weighted by Crippen LogP contribution is -2.37. The molecule has 1 heterocycles. The van der Waals surface area contributed by atoms with Crippen LogP contribution in [0.4, 0.5) is 11.4 Å². The van der Waals surface area contributed by atoms with E-state index in [1.165, 1.54) is 0 Å². The van der Waals surface area contributed by atoms with Crippen molar-refractivity contribution >= 4 is 29.0 Å². The second kappa shape index (κ2) is 6.20. The third-order valence-electron chi connectivity index (χ3n) is 3.27. The SMILES string of the molecule is O=C(CN1c2ccccc2Sc2ccccc21)NCCO. The Bertz CT molecular complexity index is 615. The topological polar surface area (TPSA) is 52.6 Å². The standard InChI is InChI=1S/C16H16N2O2S/c19-10-9-17-16(20)11-18-12-5-1-3-7-14(12)21-15-8-4-2-6-13(15)18/h1-8,19H,9-11H2,(H,17,20). The third kappa shape index (κ3) is 2.89. The number of para-hydroxylation sites is 2. The molecule has 5 heteroatoms. The first kappa shape index (κ1) is 14.0. The van der Waals surface area contributed by atoms with Crippen LogP contribution in [0.1, 0.15) is 0 Å². The largest absolute Gasteiger partial charge is 0.395 e. The molecule has 0 fully saturated rings. The molecule has 108 valence electrons. The average Bonchev–Trinajstić information content (AvgIpc) is 2.52. The lowest BCUT2D eigenvalue weighted by atomic mass is 10.2. The minimum Gasteiger partial charge on any atom is -0.395 e. The van der Waals surface area contributed by atoms with Gasteiger partial charge in [0.1, 0.15) is 6.54 Å². The van der Waals surface area contributed by atoms with E-state index in [0.29, 0.717) is 0 Å². The second-order valence-corrected chi connectivity index (χ2v) is 5.78. The summed E-state index contributed by atoms with van der Waals surface area (Å²) in [5.74, 6) is -0.0967. The number of nitrogens with one attached hydrogen (secondary N) is 1. The number of hydrogen-bond acceptors (Lipinski definition) is 4. The number of anilines is 2. The Labute approximate surface area is 127 Å². The predicted octanol–water partition coefficient (Wildman–Crippen LogP) is 2.40. The lowest BCUT2D eigenvalue weighted by Gasteiger charge is -2.32. The minimum absolute atomic E-state index is 0.0469. The first-order valence-corrected chi connectivity index (χ1v) is 7.62. The van der Waals surface area contributed by atoms with Gasteiger partial charge in [0.2, 0.25) is 5.91 Å². The monoisotopic (exact) mass is 300 g/mol. The summed E-state index contributed by atoms with van der Waals surface area (Å²) in [4.78, 5) is 16.3. The molecule has 3 rings (SSSR count). The molecule has 0 saturated heterocycles. The van der Waals surface area contributed by atoms with Gasteiger partial charge in [-0.2, -0.15) is 0 Å². The van der Waals surface area contributed by atoms with E-state index in [1.54, 1.807) is 11.8 Å². The van der Waals surface area contributed by atoms with Crippen molar-refractivity contribution in [1.82, 2.24) is 5.32 Å².